The molecule has 15 heavy (non-hydrogen) atoms. The largest absolute Gasteiger partial charge is 0.769 e. The van der Waals surface area contributed by atoms with E-state index in [4.69, 9.17) is 23.2 Å². The number of benzene rings is 1. The molecule has 7 heteroatoms. The van der Waals surface area contributed by atoms with Gasteiger partial charge in [-0.1, -0.05) is 29.3 Å². The summed E-state index contributed by atoms with van der Waals surface area (Å²) in [7, 11) is 0. The van der Waals surface area contributed by atoms with Crippen LogP contribution >= 0.6 is 23.2 Å². The van der Waals surface area contributed by atoms with Crippen LogP contribution in [-0.4, -0.2) is 11.1 Å². The first-order chi connectivity index (χ1) is 7.09. The number of carbonyl (C=O) groups is 1. The molecule has 1 unspecified atom stereocenters. The molecule has 1 fully saturated rings. The number of amides is 1. The molecule has 0 spiro atoms. The van der Waals surface area contributed by atoms with Crippen LogP contribution in [0.25, 0.3) is 0 Å². The zero-order valence-corrected chi connectivity index (χ0v) is 8.84. The number of hydrogen-bond acceptors (Lipinski definition) is 4. The van der Waals surface area contributed by atoms with Gasteiger partial charge in [-0.25, -0.2) is 0 Å². The van der Waals surface area contributed by atoms with Gasteiger partial charge in [-0.05, 0) is 17.7 Å². The van der Waals surface area contributed by atoms with Crippen molar-refractivity contribution < 1.29 is 4.79 Å². The Hall–Kier alpha value is -0.850. The van der Waals surface area contributed by atoms with Gasteiger partial charge >= 0.3 is 0 Å². The molecule has 1 aliphatic heterocycles. The summed E-state index contributed by atoms with van der Waals surface area (Å²) in [5.74, 6) is -0.450. The molecular formula is C8H6Cl2N3O2-. The summed E-state index contributed by atoms with van der Waals surface area (Å²) < 4.78 is 0. The third kappa shape index (κ3) is 1.92. The van der Waals surface area contributed by atoms with E-state index in [9.17, 15) is 10.0 Å². The summed E-state index contributed by atoms with van der Waals surface area (Å²) in [5, 5.41) is 12.4. The van der Waals surface area contributed by atoms with Gasteiger partial charge < -0.3 is 5.21 Å². The van der Waals surface area contributed by atoms with Gasteiger partial charge in [-0.15, -0.1) is 0 Å². The highest BCUT2D eigenvalue weighted by Gasteiger charge is 2.29. The van der Waals surface area contributed by atoms with Gasteiger partial charge in [0.1, 0.15) is 6.04 Å². The van der Waals surface area contributed by atoms with E-state index in [-0.39, 0.29) is 5.02 Å². The Morgan fingerprint density at radius 3 is 2.67 bits per heavy atom. The second kappa shape index (κ2) is 3.96. The molecule has 1 aromatic rings. The molecule has 1 atom stereocenters. The molecule has 2 N–H and O–H groups in total. The van der Waals surface area contributed by atoms with Crippen LogP contribution in [0, 0.1) is 5.21 Å². The molecule has 1 saturated heterocycles. The third-order valence-corrected chi connectivity index (χ3v) is 2.59. The van der Waals surface area contributed by atoms with Crippen molar-refractivity contribution in [3.05, 3.63) is 39.0 Å². The molecule has 5 nitrogen and oxygen atoms in total. The van der Waals surface area contributed by atoms with Gasteiger partial charge in [0, 0.05) is 10.0 Å². The van der Waals surface area contributed by atoms with E-state index in [0.29, 0.717) is 15.8 Å². The predicted molar refractivity (Wildman–Crippen MR) is 55.7 cm³/mol. The molecule has 1 heterocycles. The first-order valence-electron chi connectivity index (χ1n) is 4.06. The zero-order chi connectivity index (χ0) is 11.0. The predicted octanol–water partition coefficient (Wildman–Crippen LogP) is 1.38. The highest BCUT2D eigenvalue weighted by Crippen LogP contribution is 2.30. The summed E-state index contributed by atoms with van der Waals surface area (Å²) in [6.45, 7) is 0. The van der Waals surface area contributed by atoms with Crippen LogP contribution in [0.5, 0.6) is 0 Å². The van der Waals surface area contributed by atoms with Crippen LogP contribution in [-0.2, 0) is 4.79 Å². The summed E-state index contributed by atoms with van der Waals surface area (Å²) >= 11 is 11.6. The Morgan fingerprint density at radius 2 is 2.13 bits per heavy atom. The molecule has 1 amide bonds. The van der Waals surface area contributed by atoms with Crippen molar-refractivity contribution in [3.63, 3.8) is 0 Å². The average Bonchev–Trinajstić information content (AvgIpc) is 2.48. The summed E-state index contributed by atoms with van der Waals surface area (Å²) in [4.78, 5) is 11.3. The standard InChI is InChI=1S/C8H6Cl2N3O2/c9-4-1-2-5(6(10)3-4)7-8(14)11-12-13(7)15/h1-3,7,12H,(H,11,14)/q-1. The highest BCUT2D eigenvalue weighted by atomic mass is 35.5. The number of rotatable bonds is 1. The summed E-state index contributed by atoms with van der Waals surface area (Å²) in [6.07, 6.45) is 0. The minimum absolute atomic E-state index is 0.284. The Balaban J connectivity index is 2.40. The highest BCUT2D eigenvalue weighted by molar-refractivity contribution is 6.35. The smallest absolute Gasteiger partial charge is 0.257 e. The molecule has 80 valence electrons. The normalized spacial score (nSPS) is 21.8. The second-order valence-corrected chi connectivity index (χ2v) is 3.84. The first kappa shape index (κ1) is 10.7. The Bertz CT molecular complexity index is 413. The minimum Gasteiger partial charge on any atom is -0.769 e. The quantitative estimate of drug-likeness (QED) is 0.786. The maximum atomic E-state index is 11.3. The fourth-order valence-electron chi connectivity index (χ4n) is 1.34. The lowest BCUT2D eigenvalue weighted by Gasteiger charge is -2.26. The lowest BCUT2D eigenvalue weighted by molar-refractivity contribution is -0.121. The molecule has 0 saturated carbocycles. The van der Waals surface area contributed by atoms with E-state index in [1.54, 1.807) is 12.1 Å². The van der Waals surface area contributed by atoms with E-state index >= 15 is 0 Å². The minimum atomic E-state index is -0.977. The van der Waals surface area contributed by atoms with Gasteiger partial charge in [0.15, 0.2) is 0 Å². The SMILES string of the molecule is O=C1NNN([O-])C1c1ccc(Cl)cc1Cl. The van der Waals surface area contributed by atoms with Crippen molar-refractivity contribution in [1.82, 2.24) is 16.1 Å². The molecular weight excluding hydrogens is 241 g/mol. The number of hydroxylamine groups is 1. The van der Waals surface area contributed by atoms with Crippen molar-refractivity contribution >= 4 is 29.1 Å². The van der Waals surface area contributed by atoms with Gasteiger partial charge in [0.05, 0.1) is 0 Å². The van der Waals surface area contributed by atoms with Crippen LogP contribution in [0.2, 0.25) is 10.0 Å². The maximum Gasteiger partial charge on any atom is 0.257 e. The molecule has 2 rings (SSSR count). The van der Waals surface area contributed by atoms with E-state index in [1.165, 1.54) is 6.07 Å². The number of nitrogens with zero attached hydrogens (tertiary/aromatic N) is 1. The molecule has 1 aliphatic rings. The van der Waals surface area contributed by atoms with Crippen LogP contribution in [0.4, 0.5) is 0 Å². The van der Waals surface area contributed by atoms with Crippen molar-refractivity contribution in [2.75, 3.05) is 0 Å². The van der Waals surface area contributed by atoms with Crippen LogP contribution in [0.15, 0.2) is 18.2 Å². The van der Waals surface area contributed by atoms with Crippen molar-refractivity contribution in [2.45, 2.75) is 6.04 Å². The van der Waals surface area contributed by atoms with Gasteiger partial charge in [0.25, 0.3) is 5.91 Å². The number of nitrogens with one attached hydrogen (secondary N) is 2. The molecule has 0 radical (unpaired) electrons. The number of carbonyl (C=O) groups excluding carboxylic acids is 1. The third-order valence-electron chi connectivity index (χ3n) is 2.03. The van der Waals surface area contributed by atoms with Gasteiger partial charge in [-0.3, -0.25) is 15.4 Å². The molecule has 1 aromatic carbocycles. The number of halogens is 2. The fourth-order valence-corrected chi connectivity index (χ4v) is 1.85. The second-order valence-electron chi connectivity index (χ2n) is 3.00. The fraction of sp³-hybridized carbons (Fsp3) is 0.125. The summed E-state index contributed by atoms with van der Waals surface area (Å²) in [6, 6.07) is 3.63. The molecule has 0 bridgehead atoms. The van der Waals surface area contributed by atoms with Crippen LogP contribution in [0.1, 0.15) is 11.6 Å². The van der Waals surface area contributed by atoms with Crippen molar-refractivity contribution in [3.8, 4) is 0 Å². The first-order valence-corrected chi connectivity index (χ1v) is 4.82. The number of hydrazine groups is 2. The van der Waals surface area contributed by atoms with Gasteiger partial charge in [-0.2, -0.15) is 5.53 Å². The van der Waals surface area contributed by atoms with Crippen LogP contribution in [0.3, 0.4) is 0 Å². The summed E-state index contributed by atoms with van der Waals surface area (Å²) in [5.41, 5.74) is 4.75. The topological polar surface area (TPSA) is 67.4 Å². The lowest BCUT2D eigenvalue weighted by Crippen LogP contribution is -2.32. The van der Waals surface area contributed by atoms with Crippen LogP contribution < -0.4 is 11.0 Å². The van der Waals surface area contributed by atoms with E-state index < -0.39 is 11.9 Å². The van der Waals surface area contributed by atoms with Crippen molar-refractivity contribution in [2.24, 2.45) is 0 Å². The monoisotopic (exact) mass is 246 g/mol. The van der Waals surface area contributed by atoms with E-state index in [0.717, 1.165) is 0 Å². The molecule has 0 aromatic heterocycles. The zero-order valence-electron chi connectivity index (χ0n) is 7.33. The Kier molecular flexibility index (Phi) is 2.81. The average molecular weight is 247 g/mol. The van der Waals surface area contributed by atoms with Crippen molar-refractivity contribution in [1.29, 1.82) is 0 Å². The molecule has 0 aliphatic carbocycles. The Labute approximate surface area is 95.5 Å². The maximum absolute atomic E-state index is 11.3. The lowest BCUT2D eigenvalue weighted by atomic mass is 10.1. The van der Waals surface area contributed by atoms with E-state index in [1.807, 2.05) is 0 Å². The Morgan fingerprint density at radius 1 is 1.40 bits per heavy atom. The van der Waals surface area contributed by atoms with Gasteiger partial charge in [0.2, 0.25) is 0 Å². The van der Waals surface area contributed by atoms with E-state index in [2.05, 4.69) is 11.0 Å². The number of hydrogen-bond donors (Lipinski definition) is 2.